The highest BCUT2D eigenvalue weighted by Gasteiger charge is 2.36. The van der Waals surface area contributed by atoms with Crippen molar-refractivity contribution in [3.8, 4) is 12.1 Å². The number of aromatic nitrogens is 1. The number of nitrogens with two attached hydrogens (primary N) is 1. The molecule has 3 atom stereocenters. The maximum Gasteiger partial charge on any atom is 0.235 e. The first-order valence-corrected chi connectivity index (χ1v) is 13.7. The van der Waals surface area contributed by atoms with E-state index in [1.165, 1.54) is 24.6 Å². The van der Waals surface area contributed by atoms with Crippen LogP contribution in [-0.2, 0) is 11.2 Å². The molecule has 2 aliphatic rings. The zero-order chi connectivity index (χ0) is 25.8. The number of anilines is 1. The molecule has 2 aromatic rings. The number of pyridine rings is 1. The van der Waals surface area contributed by atoms with E-state index >= 15 is 0 Å². The summed E-state index contributed by atoms with van der Waals surface area (Å²) in [5.41, 5.74) is 8.05. The minimum atomic E-state index is -0.680. The van der Waals surface area contributed by atoms with Crippen molar-refractivity contribution in [2.75, 3.05) is 18.0 Å². The summed E-state index contributed by atoms with van der Waals surface area (Å²) >= 11 is 1.20. The molecule has 36 heavy (non-hydrogen) atoms. The Labute approximate surface area is 218 Å². The summed E-state index contributed by atoms with van der Waals surface area (Å²) in [5, 5.41) is 19.9. The molecule has 1 amide bonds. The molecular formula is C28H34N6OS. The summed E-state index contributed by atoms with van der Waals surface area (Å²) in [5.74, 6) is 0.128. The Bertz CT molecular complexity index is 1170. The van der Waals surface area contributed by atoms with Crippen molar-refractivity contribution >= 4 is 23.5 Å². The van der Waals surface area contributed by atoms with Gasteiger partial charge in [-0.3, -0.25) is 9.69 Å². The molecule has 8 heteroatoms. The standard InChI is InChI=1S/C28H34N6OS/c1-4-22-23(16-29)27(33-14-12-21(13-15-33)34-18(2)10-11-19(34)3)32-28(24(22)17-30)36-25(26(31)35)20-8-6-5-7-9-20/h5-9,18-19,21,25H,4,10-15H2,1-3H3,(H2,31,35)/t18-,19-,25?/m0/s1. The lowest BCUT2D eigenvalue weighted by Crippen LogP contribution is -2.48. The number of hydrogen-bond acceptors (Lipinski definition) is 7. The molecule has 1 aromatic heterocycles. The maximum absolute atomic E-state index is 12.4. The van der Waals surface area contributed by atoms with Crippen LogP contribution in [0, 0.1) is 22.7 Å². The van der Waals surface area contributed by atoms with Crippen molar-refractivity contribution in [3.05, 3.63) is 52.6 Å². The number of thioether (sulfide) groups is 1. The third-order valence-corrected chi connectivity index (χ3v) is 8.88. The van der Waals surface area contributed by atoms with Crippen molar-refractivity contribution in [2.45, 2.75) is 81.3 Å². The molecule has 0 spiro atoms. The van der Waals surface area contributed by atoms with E-state index in [2.05, 4.69) is 35.8 Å². The second-order valence-corrected chi connectivity index (χ2v) is 10.9. The van der Waals surface area contributed by atoms with E-state index in [9.17, 15) is 15.3 Å². The van der Waals surface area contributed by atoms with Crippen LogP contribution in [0.3, 0.4) is 0 Å². The highest BCUT2D eigenvalue weighted by atomic mass is 32.2. The molecule has 0 saturated carbocycles. The molecule has 4 rings (SSSR count). The van der Waals surface area contributed by atoms with Gasteiger partial charge in [-0.15, -0.1) is 0 Å². The van der Waals surface area contributed by atoms with Crippen LogP contribution in [-0.4, -0.2) is 47.0 Å². The zero-order valence-corrected chi connectivity index (χ0v) is 22.1. The van der Waals surface area contributed by atoms with Gasteiger partial charge in [-0.25, -0.2) is 4.98 Å². The van der Waals surface area contributed by atoms with Crippen molar-refractivity contribution in [2.24, 2.45) is 5.73 Å². The SMILES string of the molecule is CCc1c(C#N)c(SC(C(N)=O)c2ccccc2)nc(N2CCC(N3[C@@H](C)CC[C@@H]3C)CC2)c1C#N. The van der Waals surface area contributed by atoms with E-state index < -0.39 is 11.2 Å². The topological polar surface area (TPSA) is 110 Å². The Hall–Kier alpha value is -3.07. The van der Waals surface area contributed by atoms with Gasteiger partial charge in [0, 0.05) is 31.2 Å². The Morgan fingerprint density at radius 1 is 1.08 bits per heavy atom. The fourth-order valence-electron chi connectivity index (χ4n) is 5.84. The predicted molar refractivity (Wildman–Crippen MR) is 143 cm³/mol. The van der Waals surface area contributed by atoms with Crippen LogP contribution in [0.1, 0.15) is 74.0 Å². The molecule has 1 unspecified atom stereocenters. The maximum atomic E-state index is 12.4. The molecule has 0 aliphatic carbocycles. The van der Waals surface area contributed by atoms with Gasteiger partial charge >= 0.3 is 0 Å². The number of carbonyl (C=O) groups is 1. The van der Waals surface area contributed by atoms with Gasteiger partial charge in [0.05, 0.1) is 11.1 Å². The average Bonchev–Trinajstić information content (AvgIpc) is 3.24. The molecule has 3 heterocycles. The fourth-order valence-corrected chi connectivity index (χ4v) is 6.90. The minimum absolute atomic E-state index is 0.361. The summed E-state index contributed by atoms with van der Waals surface area (Å²) in [4.78, 5) is 22.1. The van der Waals surface area contributed by atoms with Crippen molar-refractivity contribution in [1.82, 2.24) is 9.88 Å². The largest absolute Gasteiger partial charge is 0.368 e. The lowest BCUT2D eigenvalue weighted by Gasteiger charge is -2.41. The van der Waals surface area contributed by atoms with E-state index in [1.807, 2.05) is 37.3 Å². The first-order chi connectivity index (χ1) is 17.4. The van der Waals surface area contributed by atoms with E-state index in [-0.39, 0.29) is 0 Å². The fraction of sp³-hybridized carbons (Fsp3) is 0.500. The molecule has 1 aromatic carbocycles. The quantitative estimate of drug-likeness (QED) is 0.553. The third kappa shape index (κ3) is 5.07. The second kappa shape index (κ2) is 11.3. The molecule has 0 bridgehead atoms. The number of primary amides is 1. The van der Waals surface area contributed by atoms with Gasteiger partial charge in [-0.2, -0.15) is 10.5 Å². The van der Waals surface area contributed by atoms with E-state index in [1.54, 1.807) is 0 Å². The summed E-state index contributed by atoms with van der Waals surface area (Å²) in [6.07, 6.45) is 5.05. The number of piperidine rings is 1. The molecule has 7 nitrogen and oxygen atoms in total. The van der Waals surface area contributed by atoms with Crippen LogP contribution >= 0.6 is 11.8 Å². The molecule has 2 fully saturated rings. The number of likely N-dealkylation sites (tertiary alicyclic amines) is 1. The van der Waals surface area contributed by atoms with E-state index in [0.29, 0.717) is 52.1 Å². The van der Waals surface area contributed by atoms with Crippen LogP contribution in [0.4, 0.5) is 5.82 Å². The molecule has 188 valence electrons. The van der Waals surface area contributed by atoms with Gasteiger partial charge in [0.25, 0.3) is 0 Å². The molecule has 2 aliphatic heterocycles. The number of amides is 1. The normalized spacial score (nSPS) is 21.6. The lowest BCUT2D eigenvalue weighted by molar-refractivity contribution is -0.117. The van der Waals surface area contributed by atoms with Crippen molar-refractivity contribution in [1.29, 1.82) is 10.5 Å². The third-order valence-electron chi connectivity index (χ3n) is 7.62. The summed E-state index contributed by atoms with van der Waals surface area (Å²) in [6.45, 7) is 8.20. The Morgan fingerprint density at radius 2 is 1.69 bits per heavy atom. The van der Waals surface area contributed by atoms with Gasteiger partial charge in [0.2, 0.25) is 5.91 Å². The number of carbonyl (C=O) groups excluding carboxylic acids is 1. The number of hydrogen-bond donors (Lipinski definition) is 1. The van der Waals surface area contributed by atoms with Gasteiger partial charge in [-0.05, 0) is 57.1 Å². The number of nitriles is 2. The monoisotopic (exact) mass is 502 g/mol. The highest BCUT2D eigenvalue weighted by Crippen LogP contribution is 2.40. The number of nitrogens with zero attached hydrogens (tertiary/aromatic N) is 5. The van der Waals surface area contributed by atoms with Crippen LogP contribution in [0.15, 0.2) is 35.4 Å². The van der Waals surface area contributed by atoms with Crippen LogP contribution in [0.25, 0.3) is 0 Å². The van der Waals surface area contributed by atoms with E-state index in [4.69, 9.17) is 10.7 Å². The Morgan fingerprint density at radius 3 is 2.22 bits per heavy atom. The summed E-state index contributed by atoms with van der Waals surface area (Å²) in [6, 6.07) is 15.7. The van der Waals surface area contributed by atoms with Gasteiger partial charge < -0.3 is 10.6 Å². The van der Waals surface area contributed by atoms with E-state index in [0.717, 1.165) is 31.5 Å². The molecule has 2 N–H and O–H groups in total. The minimum Gasteiger partial charge on any atom is -0.368 e. The summed E-state index contributed by atoms with van der Waals surface area (Å²) < 4.78 is 0. The van der Waals surface area contributed by atoms with Gasteiger partial charge in [0.1, 0.15) is 28.2 Å². The number of benzene rings is 1. The van der Waals surface area contributed by atoms with Crippen molar-refractivity contribution in [3.63, 3.8) is 0 Å². The smallest absolute Gasteiger partial charge is 0.235 e. The Kier molecular flexibility index (Phi) is 8.18. The van der Waals surface area contributed by atoms with Crippen molar-refractivity contribution < 1.29 is 4.79 Å². The second-order valence-electron chi connectivity index (χ2n) is 9.80. The van der Waals surface area contributed by atoms with Crippen LogP contribution in [0.5, 0.6) is 0 Å². The van der Waals surface area contributed by atoms with Gasteiger partial charge in [0.15, 0.2) is 0 Å². The van der Waals surface area contributed by atoms with Gasteiger partial charge in [-0.1, -0.05) is 49.0 Å². The zero-order valence-electron chi connectivity index (χ0n) is 21.3. The van der Waals surface area contributed by atoms with Crippen LogP contribution < -0.4 is 10.6 Å². The lowest BCUT2D eigenvalue weighted by atomic mass is 9.98. The first-order valence-electron chi connectivity index (χ1n) is 12.8. The highest BCUT2D eigenvalue weighted by molar-refractivity contribution is 8.00. The molecule has 0 radical (unpaired) electrons. The van der Waals surface area contributed by atoms with Crippen LogP contribution in [0.2, 0.25) is 0 Å². The summed E-state index contributed by atoms with van der Waals surface area (Å²) in [7, 11) is 0. The number of rotatable bonds is 7. The molecular weight excluding hydrogens is 468 g/mol. The molecule has 2 saturated heterocycles. The first kappa shape index (κ1) is 26.0. The average molecular weight is 503 g/mol. The predicted octanol–water partition coefficient (Wildman–Crippen LogP) is 4.55. The Balaban J connectivity index is 1.67.